The molecule has 0 bridgehead atoms. The van der Waals surface area contributed by atoms with E-state index in [0.717, 1.165) is 0 Å². The molecule has 0 aliphatic carbocycles. The number of hydrogen-bond acceptors (Lipinski definition) is 4. The number of hydrogen-bond donors (Lipinski definition) is 0. The standard InChI is InChI=1S/C11H5Cl3N2O2/c12-8-9(13)15-11(14)16-10(8)18-7-4-2-1-3-6(7)5-17/h1-5H. The molecule has 0 fully saturated rings. The molecule has 18 heavy (non-hydrogen) atoms. The molecule has 0 spiro atoms. The molecule has 7 heteroatoms. The van der Waals surface area contributed by atoms with E-state index in [1.165, 1.54) is 0 Å². The van der Waals surface area contributed by atoms with Crippen LogP contribution >= 0.6 is 34.8 Å². The van der Waals surface area contributed by atoms with E-state index in [1.54, 1.807) is 24.3 Å². The zero-order valence-electron chi connectivity index (χ0n) is 8.73. The van der Waals surface area contributed by atoms with Crippen molar-refractivity contribution in [1.29, 1.82) is 0 Å². The summed E-state index contributed by atoms with van der Waals surface area (Å²) in [6, 6.07) is 6.61. The Morgan fingerprint density at radius 2 is 1.83 bits per heavy atom. The summed E-state index contributed by atoms with van der Waals surface area (Å²) in [5.74, 6) is 0.302. The van der Waals surface area contributed by atoms with Crippen LogP contribution in [0, 0.1) is 0 Å². The summed E-state index contributed by atoms with van der Waals surface area (Å²) >= 11 is 17.3. The third-order valence-electron chi connectivity index (χ3n) is 2.01. The number of para-hydroxylation sites is 1. The lowest BCUT2D eigenvalue weighted by Crippen LogP contribution is -1.95. The molecule has 0 aliphatic rings. The SMILES string of the molecule is O=Cc1ccccc1Oc1nc(Cl)nc(Cl)c1Cl. The van der Waals surface area contributed by atoms with E-state index in [4.69, 9.17) is 39.5 Å². The van der Waals surface area contributed by atoms with Gasteiger partial charge in [0.2, 0.25) is 11.2 Å². The Bertz CT molecular complexity index is 605. The first-order valence-corrected chi connectivity index (χ1v) is 5.86. The molecule has 0 atom stereocenters. The quantitative estimate of drug-likeness (QED) is 0.488. The van der Waals surface area contributed by atoms with Crippen molar-refractivity contribution in [2.45, 2.75) is 0 Å². The van der Waals surface area contributed by atoms with Gasteiger partial charge in [0.1, 0.15) is 10.8 Å². The van der Waals surface area contributed by atoms with Crippen molar-refractivity contribution >= 4 is 41.1 Å². The van der Waals surface area contributed by atoms with E-state index in [2.05, 4.69) is 9.97 Å². The number of aromatic nitrogens is 2. The van der Waals surface area contributed by atoms with Gasteiger partial charge in [0, 0.05) is 0 Å². The van der Waals surface area contributed by atoms with Crippen LogP contribution in [-0.2, 0) is 0 Å². The largest absolute Gasteiger partial charge is 0.437 e. The molecule has 0 aliphatic heterocycles. The maximum atomic E-state index is 10.8. The first-order valence-electron chi connectivity index (χ1n) is 4.72. The smallest absolute Gasteiger partial charge is 0.244 e. The molecule has 0 radical (unpaired) electrons. The van der Waals surface area contributed by atoms with Gasteiger partial charge in [0.25, 0.3) is 0 Å². The number of carbonyl (C=O) groups is 1. The number of halogens is 3. The molecule has 0 amide bonds. The van der Waals surface area contributed by atoms with Crippen LogP contribution in [0.3, 0.4) is 0 Å². The second kappa shape index (κ2) is 5.52. The molecule has 0 unspecified atom stereocenters. The maximum Gasteiger partial charge on any atom is 0.244 e. The van der Waals surface area contributed by atoms with Crippen LogP contribution in [-0.4, -0.2) is 16.3 Å². The Morgan fingerprint density at radius 1 is 1.11 bits per heavy atom. The molecule has 0 saturated carbocycles. The average molecular weight is 304 g/mol. The third kappa shape index (κ3) is 2.72. The molecule has 92 valence electrons. The predicted molar refractivity (Wildman–Crippen MR) is 69.0 cm³/mol. The number of benzene rings is 1. The number of nitrogens with zero attached hydrogens (tertiary/aromatic N) is 2. The average Bonchev–Trinajstić information content (AvgIpc) is 2.36. The maximum absolute atomic E-state index is 10.8. The zero-order valence-corrected chi connectivity index (χ0v) is 11.0. The molecular weight excluding hydrogens is 298 g/mol. The fraction of sp³-hybridized carbons (Fsp3) is 0. The van der Waals surface area contributed by atoms with Crippen molar-refractivity contribution in [3.05, 3.63) is 45.3 Å². The number of ether oxygens (including phenoxy) is 1. The summed E-state index contributed by atoms with van der Waals surface area (Å²) in [4.78, 5) is 18.3. The molecule has 2 rings (SSSR count). The van der Waals surface area contributed by atoms with E-state index in [1.807, 2.05) is 0 Å². The van der Waals surface area contributed by atoms with Crippen LogP contribution in [0.25, 0.3) is 0 Å². The molecule has 1 aromatic heterocycles. The van der Waals surface area contributed by atoms with Crippen LogP contribution in [0.2, 0.25) is 15.5 Å². The lowest BCUT2D eigenvalue weighted by atomic mass is 10.2. The van der Waals surface area contributed by atoms with Gasteiger partial charge >= 0.3 is 0 Å². The molecular formula is C11H5Cl3N2O2. The van der Waals surface area contributed by atoms with E-state index >= 15 is 0 Å². The van der Waals surface area contributed by atoms with E-state index in [0.29, 0.717) is 17.6 Å². The van der Waals surface area contributed by atoms with Crippen molar-refractivity contribution < 1.29 is 9.53 Å². The van der Waals surface area contributed by atoms with Gasteiger partial charge in [-0.05, 0) is 23.7 Å². The van der Waals surface area contributed by atoms with Gasteiger partial charge < -0.3 is 4.74 Å². The molecule has 4 nitrogen and oxygen atoms in total. The Kier molecular flexibility index (Phi) is 4.01. The monoisotopic (exact) mass is 302 g/mol. The van der Waals surface area contributed by atoms with Gasteiger partial charge in [-0.15, -0.1) is 0 Å². The van der Waals surface area contributed by atoms with Crippen LogP contribution in [0.1, 0.15) is 10.4 Å². The highest BCUT2D eigenvalue weighted by atomic mass is 35.5. The van der Waals surface area contributed by atoms with E-state index in [-0.39, 0.29) is 21.3 Å². The van der Waals surface area contributed by atoms with Crippen LogP contribution in [0.4, 0.5) is 0 Å². The summed E-state index contributed by atoms with van der Waals surface area (Å²) in [6.07, 6.45) is 0.660. The Hall–Kier alpha value is -1.36. The Balaban J connectivity index is 2.43. The highest BCUT2D eigenvalue weighted by Crippen LogP contribution is 2.33. The van der Waals surface area contributed by atoms with Gasteiger partial charge in [-0.3, -0.25) is 4.79 Å². The van der Waals surface area contributed by atoms with Gasteiger partial charge in [-0.2, -0.15) is 4.98 Å². The van der Waals surface area contributed by atoms with Crippen molar-refractivity contribution in [2.24, 2.45) is 0 Å². The first-order chi connectivity index (χ1) is 8.61. The fourth-order valence-electron chi connectivity index (χ4n) is 1.22. The Morgan fingerprint density at radius 3 is 2.56 bits per heavy atom. The van der Waals surface area contributed by atoms with Crippen LogP contribution < -0.4 is 4.74 Å². The van der Waals surface area contributed by atoms with Crippen molar-refractivity contribution in [3.8, 4) is 11.6 Å². The van der Waals surface area contributed by atoms with Crippen molar-refractivity contribution in [2.75, 3.05) is 0 Å². The second-order valence-corrected chi connectivity index (χ2v) is 4.23. The van der Waals surface area contributed by atoms with E-state index in [9.17, 15) is 4.79 Å². The molecule has 0 saturated heterocycles. The van der Waals surface area contributed by atoms with E-state index < -0.39 is 0 Å². The number of rotatable bonds is 3. The second-order valence-electron chi connectivity index (χ2n) is 3.16. The minimum Gasteiger partial charge on any atom is -0.437 e. The minimum absolute atomic E-state index is 0.00373. The summed E-state index contributed by atoms with van der Waals surface area (Å²) in [5, 5.41) is -0.0833. The lowest BCUT2D eigenvalue weighted by molar-refractivity contribution is 0.112. The third-order valence-corrected chi connectivity index (χ3v) is 2.89. The van der Waals surface area contributed by atoms with Crippen molar-refractivity contribution in [3.63, 3.8) is 0 Å². The highest BCUT2D eigenvalue weighted by Gasteiger charge is 2.13. The van der Waals surface area contributed by atoms with Gasteiger partial charge in [-0.25, -0.2) is 4.98 Å². The Labute approximate surface area is 117 Å². The predicted octanol–water partition coefficient (Wildman–Crippen LogP) is 4.04. The summed E-state index contributed by atoms with van der Waals surface area (Å²) < 4.78 is 5.41. The number of aldehydes is 1. The van der Waals surface area contributed by atoms with Crippen LogP contribution in [0.15, 0.2) is 24.3 Å². The fourth-order valence-corrected chi connectivity index (χ4v) is 1.71. The van der Waals surface area contributed by atoms with Gasteiger partial charge in [-0.1, -0.05) is 35.3 Å². The summed E-state index contributed by atoms with van der Waals surface area (Å²) in [6.45, 7) is 0. The topological polar surface area (TPSA) is 52.1 Å². The number of carbonyl (C=O) groups excluding carboxylic acids is 1. The molecule has 2 aromatic rings. The molecule has 1 heterocycles. The lowest BCUT2D eigenvalue weighted by Gasteiger charge is -2.08. The van der Waals surface area contributed by atoms with Crippen LogP contribution in [0.5, 0.6) is 11.6 Å². The zero-order chi connectivity index (χ0) is 13.1. The van der Waals surface area contributed by atoms with Gasteiger partial charge in [0.05, 0.1) is 5.56 Å². The van der Waals surface area contributed by atoms with Gasteiger partial charge in [0.15, 0.2) is 11.4 Å². The van der Waals surface area contributed by atoms with Crippen molar-refractivity contribution in [1.82, 2.24) is 9.97 Å². The minimum atomic E-state index is -0.0945. The summed E-state index contributed by atoms with van der Waals surface area (Å²) in [5.41, 5.74) is 0.361. The normalized spacial score (nSPS) is 10.2. The highest BCUT2D eigenvalue weighted by molar-refractivity contribution is 6.42. The molecule has 0 N–H and O–H groups in total. The first kappa shape index (κ1) is 13.1. The molecule has 1 aromatic carbocycles. The summed E-state index contributed by atoms with van der Waals surface area (Å²) in [7, 11) is 0.